The van der Waals surface area contributed by atoms with E-state index < -0.39 is 0 Å². The molecule has 6 nitrogen and oxygen atoms in total. The van der Waals surface area contributed by atoms with Gasteiger partial charge in [0.15, 0.2) is 10.8 Å². The van der Waals surface area contributed by atoms with E-state index in [2.05, 4.69) is 36.3 Å². The standard InChI is InChI=1S/C11H11BrN6S/c1-17-8(7(12)5-13-17)10-16-18-9(6-3-2-4-6)14-15-11(18)19-10/h5-6H,2-4H2,1H3. The van der Waals surface area contributed by atoms with E-state index in [-0.39, 0.29) is 0 Å². The summed E-state index contributed by atoms with van der Waals surface area (Å²) in [5.41, 5.74) is 0.982. The molecule has 0 saturated heterocycles. The Labute approximate surface area is 121 Å². The van der Waals surface area contributed by atoms with Crippen LogP contribution in [0.4, 0.5) is 0 Å². The highest BCUT2D eigenvalue weighted by Crippen LogP contribution is 2.37. The predicted octanol–water partition coefficient (Wildman–Crippen LogP) is 2.62. The number of fused-ring (bicyclic) bond motifs is 1. The van der Waals surface area contributed by atoms with Gasteiger partial charge in [-0.25, -0.2) is 0 Å². The first kappa shape index (κ1) is 11.5. The van der Waals surface area contributed by atoms with Crippen LogP contribution in [0.3, 0.4) is 0 Å². The molecular formula is C11H11BrN6S. The van der Waals surface area contributed by atoms with E-state index in [0.717, 1.165) is 26.0 Å². The van der Waals surface area contributed by atoms with Gasteiger partial charge >= 0.3 is 0 Å². The van der Waals surface area contributed by atoms with Crippen molar-refractivity contribution in [3.8, 4) is 10.7 Å². The van der Waals surface area contributed by atoms with Gasteiger partial charge < -0.3 is 0 Å². The van der Waals surface area contributed by atoms with Crippen LogP contribution in [0.2, 0.25) is 0 Å². The summed E-state index contributed by atoms with van der Waals surface area (Å²) >= 11 is 5.05. The molecule has 3 aromatic rings. The summed E-state index contributed by atoms with van der Waals surface area (Å²) in [4.78, 5) is 0.852. The summed E-state index contributed by atoms with van der Waals surface area (Å²) in [5.74, 6) is 1.53. The monoisotopic (exact) mass is 338 g/mol. The Morgan fingerprint density at radius 3 is 2.84 bits per heavy atom. The summed E-state index contributed by atoms with van der Waals surface area (Å²) in [6.45, 7) is 0. The third-order valence-corrected chi connectivity index (χ3v) is 5.07. The number of hydrogen-bond donors (Lipinski definition) is 0. The fraction of sp³-hybridized carbons (Fsp3) is 0.455. The maximum absolute atomic E-state index is 4.66. The van der Waals surface area contributed by atoms with Crippen molar-refractivity contribution in [2.45, 2.75) is 25.2 Å². The molecule has 1 saturated carbocycles. The molecule has 19 heavy (non-hydrogen) atoms. The third kappa shape index (κ3) is 1.66. The Morgan fingerprint density at radius 2 is 2.21 bits per heavy atom. The molecule has 0 unspecified atom stereocenters. The van der Waals surface area contributed by atoms with Gasteiger partial charge in [0.05, 0.1) is 10.7 Å². The number of rotatable bonds is 2. The fourth-order valence-electron chi connectivity index (χ4n) is 2.30. The van der Waals surface area contributed by atoms with Gasteiger partial charge in [-0.15, -0.1) is 10.2 Å². The molecule has 0 radical (unpaired) electrons. The SMILES string of the molecule is Cn1ncc(Br)c1-c1nn2c(C3CCC3)nnc2s1. The van der Waals surface area contributed by atoms with Crippen molar-refractivity contribution in [2.75, 3.05) is 0 Å². The second-order valence-electron chi connectivity index (χ2n) is 4.75. The summed E-state index contributed by atoms with van der Waals surface area (Å²) in [5, 5.41) is 18.3. The lowest BCUT2D eigenvalue weighted by atomic mass is 9.85. The van der Waals surface area contributed by atoms with Gasteiger partial charge in [0.25, 0.3) is 0 Å². The van der Waals surface area contributed by atoms with Crippen molar-refractivity contribution in [1.82, 2.24) is 29.6 Å². The minimum Gasteiger partial charge on any atom is -0.264 e. The quantitative estimate of drug-likeness (QED) is 0.720. The lowest BCUT2D eigenvalue weighted by Gasteiger charge is -2.22. The van der Waals surface area contributed by atoms with E-state index >= 15 is 0 Å². The third-order valence-electron chi connectivity index (χ3n) is 3.58. The molecule has 4 rings (SSSR count). The molecule has 0 aromatic carbocycles. The lowest BCUT2D eigenvalue weighted by Crippen LogP contribution is -2.13. The normalized spacial score (nSPS) is 16.1. The molecule has 3 heterocycles. The van der Waals surface area contributed by atoms with Gasteiger partial charge in [0, 0.05) is 13.0 Å². The van der Waals surface area contributed by atoms with Crippen LogP contribution in [0.25, 0.3) is 15.7 Å². The molecule has 0 N–H and O–H groups in total. The van der Waals surface area contributed by atoms with Crippen LogP contribution >= 0.6 is 27.3 Å². The first-order valence-electron chi connectivity index (χ1n) is 6.14. The van der Waals surface area contributed by atoms with Crippen molar-refractivity contribution >= 4 is 32.2 Å². The maximum Gasteiger partial charge on any atom is 0.235 e. The van der Waals surface area contributed by atoms with E-state index in [0.29, 0.717) is 5.92 Å². The number of hydrogen-bond acceptors (Lipinski definition) is 5. The zero-order chi connectivity index (χ0) is 13.0. The molecule has 0 aliphatic heterocycles. The zero-order valence-corrected chi connectivity index (χ0v) is 12.6. The minimum atomic E-state index is 0.528. The average molecular weight is 339 g/mol. The Morgan fingerprint density at radius 1 is 1.37 bits per heavy atom. The molecule has 0 atom stereocenters. The fourth-order valence-corrected chi connectivity index (χ4v) is 3.90. The van der Waals surface area contributed by atoms with Gasteiger partial charge in [-0.1, -0.05) is 17.8 Å². The number of aryl methyl sites for hydroxylation is 1. The number of halogens is 1. The Bertz CT molecular complexity index is 733. The van der Waals surface area contributed by atoms with Gasteiger partial charge in [-0.3, -0.25) is 4.68 Å². The van der Waals surface area contributed by atoms with E-state index in [1.54, 1.807) is 17.5 Å². The van der Waals surface area contributed by atoms with Gasteiger partial charge in [-0.2, -0.15) is 14.7 Å². The topological polar surface area (TPSA) is 60.9 Å². The summed E-state index contributed by atoms with van der Waals surface area (Å²) in [7, 11) is 1.91. The highest BCUT2D eigenvalue weighted by molar-refractivity contribution is 9.10. The molecule has 0 amide bonds. The summed E-state index contributed by atoms with van der Waals surface area (Å²) in [6, 6.07) is 0. The molecule has 3 aromatic heterocycles. The minimum absolute atomic E-state index is 0.528. The Hall–Kier alpha value is -1.28. The molecule has 8 heteroatoms. The first-order valence-corrected chi connectivity index (χ1v) is 7.75. The van der Waals surface area contributed by atoms with E-state index in [1.807, 2.05) is 16.2 Å². The highest BCUT2D eigenvalue weighted by atomic mass is 79.9. The van der Waals surface area contributed by atoms with Crippen LogP contribution < -0.4 is 0 Å². The van der Waals surface area contributed by atoms with E-state index in [4.69, 9.17) is 0 Å². The van der Waals surface area contributed by atoms with E-state index in [1.165, 1.54) is 19.3 Å². The molecular weight excluding hydrogens is 328 g/mol. The Balaban J connectivity index is 1.86. The number of nitrogens with zero attached hydrogens (tertiary/aromatic N) is 6. The average Bonchev–Trinajstić information content (AvgIpc) is 2.94. The van der Waals surface area contributed by atoms with Crippen molar-refractivity contribution in [2.24, 2.45) is 7.05 Å². The van der Waals surface area contributed by atoms with Crippen molar-refractivity contribution in [3.05, 3.63) is 16.5 Å². The molecule has 1 aliphatic rings. The van der Waals surface area contributed by atoms with Crippen LogP contribution in [0, 0.1) is 0 Å². The lowest BCUT2D eigenvalue weighted by molar-refractivity contribution is 0.395. The van der Waals surface area contributed by atoms with Gasteiger partial charge in [0.1, 0.15) is 5.69 Å². The molecule has 0 spiro atoms. The van der Waals surface area contributed by atoms with E-state index in [9.17, 15) is 0 Å². The van der Waals surface area contributed by atoms with Gasteiger partial charge in [-0.05, 0) is 28.8 Å². The smallest absolute Gasteiger partial charge is 0.235 e. The summed E-state index contributed by atoms with van der Waals surface area (Å²) < 4.78 is 4.66. The highest BCUT2D eigenvalue weighted by Gasteiger charge is 2.27. The van der Waals surface area contributed by atoms with Crippen LogP contribution in [-0.2, 0) is 7.05 Å². The van der Waals surface area contributed by atoms with Crippen molar-refractivity contribution in [1.29, 1.82) is 0 Å². The van der Waals surface area contributed by atoms with Crippen molar-refractivity contribution < 1.29 is 0 Å². The first-order chi connectivity index (χ1) is 9.24. The molecule has 1 fully saturated rings. The van der Waals surface area contributed by atoms with Crippen molar-refractivity contribution in [3.63, 3.8) is 0 Å². The molecule has 98 valence electrons. The predicted molar refractivity (Wildman–Crippen MR) is 75.2 cm³/mol. The zero-order valence-electron chi connectivity index (χ0n) is 10.2. The number of aromatic nitrogens is 6. The summed E-state index contributed by atoms with van der Waals surface area (Å²) in [6.07, 6.45) is 5.46. The van der Waals surface area contributed by atoms with Crippen LogP contribution in [0.15, 0.2) is 10.7 Å². The largest absolute Gasteiger partial charge is 0.264 e. The maximum atomic E-state index is 4.66. The van der Waals surface area contributed by atoms with Crippen LogP contribution in [0.5, 0.6) is 0 Å². The second kappa shape index (κ2) is 4.11. The van der Waals surface area contributed by atoms with Gasteiger partial charge in [0.2, 0.25) is 4.96 Å². The van der Waals surface area contributed by atoms with Crippen LogP contribution in [0.1, 0.15) is 31.0 Å². The second-order valence-corrected chi connectivity index (χ2v) is 6.56. The van der Waals surface area contributed by atoms with Crippen LogP contribution in [-0.4, -0.2) is 29.6 Å². The Kier molecular flexibility index (Phi) is 2.49. The molecule has 1 aliphatic carbocycles. The molecule has 0 bridgehead atoms.